The molecule has 1 aromatic heterocycles. The third kappa shape index (κ3) is 3.95. The van der Waals surface area contributed by atoms with Crippen LogP contribution in [0.5, 0.6) is 0 Å². The molecule has 8 nitrogen and oxygen atoms in total. The number of benzene rings is 2. The van der Waals surface area contributed by atoms with Crippen LogP contribution in [0.2, 0.25) is 5.02 Å². The predicted octanol–water partition coefficient (Wildman–Crippen LogP) is 4.25. The van der Waals surface area contributed by atoms with Crippen LogP contribution in [-0.2, 0) is 0 Å². The molecule has 1 heterocycles. The molecule has 10 heteroatoms. The van der Waals surface area contributed by atoms with E-state index < -0.39 is 16.4 Å². The second-order valence-corrected chi connectivity index (χ2v) is 5.59. The maximum Gasteiger partial charge on any atom is 0.353 e. The largest absolute Gasteiger partial charge is 0.378 e. The SMILES string of the molecule is Nc1nc(Nc2ccc(Cl)cc2)nc(Nc2ccc(F)cc2)c1[N+](=O)[O-]. The quantitative estimate of drug-likeness (QED) is 0.451. The molecule has 0 aliphatic carbocycles. The number of nitro groups is 1. The van der Waals surface area contributed by atoms with Crippen LogP contribution in [-0.4, -0.2) is 14.9 Å². The van der Waals surface area contributed by atoms with Gasteiger partial charge in [0.05, 0.1) is 4.92 Å². The number of hydrogen-bond donors (Lipinski definition) is 3. The van der Waals surface area contributed by atoms with E-state index >= 15 is 0 Å². The van der Waals surface area contributed by atoms with E-state index in [0.717, 1.165) is 0 Å². The Bertz CT molecular complexity index is 950. The summed E-state index contributed by atoms with van der Waals surface area (Å²) in [5.41, 5.74) is 6.28. The molecule has 0 aliphatic rings. The van der Waals surface area contributed by atoms with E-state index in [1.54, 1.807) is 24.3 Å². The number of hydrogen-bond acceptors (Lipinski definition) is 7. The third-order valence-corrected chi connectivity index (χ3v) is 3.55. The topological polar surface area (TPSA) is 119 Å². The van der Waals surface area contributed by atoms with E-state index in [0.29, 0.717) is 16.4 Å². The van der Waals surface area contributed by atoms with Gasteiger partial charge in [-0.25, -0.2) is 4.39 Å². The van der Waals surface area contributed by atoms with E-state index in [4.69, 9.17) is 17.3 Å². The first kappa shape index (κ1) is 17.4. The summed E-state index contributed by atoms with van der Waals surface area (Å²) < 4.78 is 13.0. The molecule has 0 saturated carbocycles. The van der Waals surface area contributed by atoms with Crippen molar-refractivity contribution in [1.29, 1.82) is 0 Å². The van der Waals surface area contributed by atoms with E-state index in [1.165, 1.54) is 24.3 Å². The zero-order valence-corrected chi connectivity index (χ0v) is 13.9. The summed E-state index contributed by atoms with van der Waals surface area (Å²) in [5.74, 6) is -0.811. The molecule has 0 bridgehead atoms. The van der Waals surface area contributed by atoms with Crippen molar-refractivity contribution in [3.8, 4) is 0 Å². The monoisotopic (exact) mass is 374 g/mol. The summed E-state index contributed by atoms with van der Waals surface area (Å²) in [4.78, 5) is 18.6. The molecule has 0 unspecified atom stereocenters. The lowest BCUT2D eigenvalue weighted by molar-refractivity contribution is -0.383. The second kappa shape index (κ2) is 7.19. The predicted molar refractivity (Wildman–Crippen MR) is 97.5 cm³/mol. The minimum atomic E-state index is -0.687. The molecule has 4 N–H and O–H groups in total. The smallest absolute Gasteiger partial charge is 0.353 e. The minimum absolute atomic E-state index is 0.0556. The van der Waals surface area contributed by atoms with E-state index in [2.05, 4.69) is 20.6 Å². The van der Waals surface area contributed by atoms with Gasteiger partial charge in [-0.3, -0.25) is 10.1 Å². The summed E-state index contributed by atoms with van der Waals surface area (Å²) in [6.07, 6.45) is 0. The van der Waals surface area contributed by atoms with Gasteiger partial charge in [-0.1, -0.05) is 11.6 Å². The van der Waals surface area contributed by atoms with Gasteiger partial charge in [0.2, 0.25) is 17.6 Å². The Kier molecular flexibility index (Phi) is 4.81. The number of rotatable bonds is 5. The van der Waals surface area contributed by atoms with Crippen LogP contribution >= 0.6 is 11.6 Å². The molecule has 132 valence electrons. The van der Waals surface area contributed by atoms with Gasteiger partial charge in [0.15, 0.2) is 0 Å². The van der Waals surface area contributed by atoms with E-state index in [9.17, 15) is 14.5 Å². The fourth-order valence-electron chi connectivity index (χ4n) is 2.13. The molecule has 3 rings (SSSR count). The molecule has 0 saturated heterocycles. The van der Waals surface area contributed by atoms with Gasteiger partial charge >= 0.3 is 5.69 Å². The summed E-state index contributed by atoms with van der Waals surface area (Å²) in [7, 11) is 0. The van der Waals surface area contributed by atoms with Crippen LogP contribution in [0.3, 0.4) is 0 Å². The van der Waals surface area contributed by atoms with Gasteiger partial charge < -0.3 is 16.4 Å². The van der Waals surface area contributed by atoms with E-state index in [1.807, 2.05) is 0 Å². The molecular formula is C16H12ClFN6O2. The summed E-state index contributed by atoms with van der Waals surface area (Å²) in [5, 5.41) is 17.5. The number of nitrogens with two attached hydrogens (primary N) is 1. The Hall–Kier alpha value is -3.46. The van der Waals surface area contributed by atoms with Crippen LogP contribution in [0.15, 0.2) is 48.5 Å². The molecule has 3 aromatic rings. The lowest BCUT2D eigenvalue weighted by atomic mass is 10.3. The van der Waals surface area contributed by atoms with Gasteiger partial charge in [0.25, 0.3) is 0 Å². The highest BCUT2D eigenvalue weighted by atomic mass is 35.5. The Morgan fingerprint density at radius 2 is 1.58 bits per heavy atom. The molecule has 26 heavy (non-hydrogen) atoms. The molecule has 0 amide bonds. The molecule has 0 aliphatic heterocycles. The molecular weight excluding hydrogens is 363 g/mol. The average molecular weight is 375 g/mol. The van der Waals surface area contributed by atoms with Gasteiger partial charge in [-0.15, -0.1) is 0 Å². The first-order valence-electron chi connectivity index (χ1n) is 7.29. The van der Waals surface area contributed by atoms with Crippen molar-refractivity contribution in [3.05, 3.63) is 69.5 Å². The number of nitrogens with zero attached hydrogens (tertiary/aromatic N) is 3. The van der Waals surface area contributed by atoms with Crippen LogP contribution in [0.4, 0.5) is 39.0 Å². The second-order valence-electron chi connectivity index (χ2n) is 5.15. The van der Waals surface area contributed by atoms with Gasteiger partial charge in [-0.05, 0) is 48.5 Å². The number of nitrogen functional groups attached to an aromatic ring is 1. The van der Waals surface area contributed by atoms with Crippen LogP contribution < -0.4 is 16.4 Å². The number of nitrogens with one attached hydrogen (secondary N) is 2. The van der Waals surface area contributed by atoms with Crippen molar-refractivity contribution in [1.82, 2.24) is 9.97 Å². The Balaban J connectivity index is 1.97. The fourth-order valence-corrected chi connectivity index (χ4v) is 2.25. The van der Waals surface area contributed by atoms with Crippen molar-refractivity contribution in [2.45, 2.75) is 0 Å². The normalized spacial score (nSPS) is 10.4. The van der Waals surface area contributed by atoms with Crippen molar-refractivity contribution in [2.24, 2.45) is 0 Å². The molecule has 0 spiro atoms. The fraction of sp³-hybridized carbons (Fsp3) is 0. The van der Waals surface area contributed by atoms with Gasteiger partial charge in [0, 0.05) is 16.4 Å². The average Bonchev–Trinajstić information content (AvgIpc) is 2.58. The highest BCUT2D eigenvalue weighted by Crippen LogP contribution is 2.32. The van der Waals surface area contributed by atoms with Crippen LogP contribution in [0, 0.1) is 15.9 Å². The standard InChI is InChI=1S/C16H12ClFN6O2/c17-9-1-5-12(6-2-9)21-16-22-14(19)13(24(25)26)15(23-16)20-11-7-3-10(18)4-8-11/h1-8H,(H4,19,20,21,22,23). The molecule has 0 radical (unpaired) electrons. The maximum absolute atomic E-state index is 13.0. The zero-order valence-electron chi connectivity index (χ0n) is 13.1. The summed E-state index contributed by atoms with van der Waals surface area (Å²) >= 11 is 5.83. The third-order valence-electron chi connectivity index (χ3n) is 3.30. The Labute approximate surface area is 152 Å². The van der Waals surface area contributed by atoms with Crippen molar-refractivity contribution >= 4 is 46.2 Å². The van der Waals surface area contributed by atoms with Crippen LogP contribution in [0.1, 0.15) is 0 Å². The van der Waals surface area contributed by atoms with Crippen molar-refractivity contribution < 1.29 is 9.31 Å². The molecule has 0 fully saturated rings. The first-order chi connectivity index (χ1) is 12.4. The lowest BCUT2D eigenvalue weighted by Crippen LogP contribution is -2.08. The van der Waals surface area contributed by atoms with Gasteiger partial charge in [-0.2, -0.15) is 9.97 Å². The van der Waals surface area contributed by atoms with Gasteiger partial charge in [0.1, 0.15) is 5.82 Å². The maximum atomic E-state index is 13.0. The minimum Gasteiger partial charge on any atom is -0.378 e. The summed E-state index contributed by atoms with van der Waals surface area (Å²) in [6.45, 7) is 0. The van der Waals surface area contributed by atoms with Crippen molar-refractivity contribution in [3.63, 3.8) is 0 Å². The number of aromatic nitrogens is 2. The van der Waals surface area contributed by atoms with Crippen molar-refractivity contribution in [2.75, 3.05) is 16.4 Å². The Morgan fingerprint density at radius 3 is 2.19 bits per heavy atom. The first-order valence-corrected chi connectivity index (χ1v) is 7.67. The number of anilines is 5. The summed E-state index contributed by atoms with van der Waals surface area (Å²) in [6, 6.07) is 12.0. The number of halogens is 2. The highest BCUT2D eigenvalue weighted by Gasteiger charge is 2.23. The zero-order chi connectivity index (χ0) is 18.7. The lowest BCUT2D eigenvalue weighted by Gasteiger charge is -2.11. The molecule has 0 atom stereocenters. The highest BCUT2D eigenvalue weighted by molar-refractivity contribution is 6.30. The Morgan fingerprint density at radius 1 is 1.00 bits per heavy atom. The van der Waals surface area contributed by atoms with E-state index in [-0.39, 0.29) is 17.6 Å². The molecule has 2 aromatic carbocycles. The van der Waals surface area contributed by atoms with Crippen LogP contribution in [0.25, 0.3) is 0 Å².